The Bertz CT molecular complexity index is 972. The van der Waals surface area contributed by atoms with Crippen LogP contribution in [0.4, 0.5) is 0 Å². The lowest BCUT2D eigenvalue weighted by Crippen LogP contribution is -2.46. The van der Waals surface area contributed by atoms with Gasteiger partial charge in [-0.05, 0) is 55.9 Å². The summed E-state index contributed by atoms with van der Waals surface area (Å²) in [6.45, 7) is 3.86. The van der Waals surface area contributed by atoms with Crippen LogP contribution in [0.25, 0.3) is 0 Å². The van der Waals surface area contributed by atoms with Gasteiger partial charge in [-0.2, -0.15) is 0 Å². The van der Waals surface area contributed by atoms with Gasteiger partial charge in [-0.25, -0.2) is 9.59 Å². The van der Waals surface area contributed by atoms with Gasteiger partial charge in [-0.1, -0.05) is 30.3 Å². The normalized spacial score (nSPS) is 16.3. The fourth-order valence-corrected chi connectivity index (χ4v) is 3.31. The van der Waals surface area contributed by atoms with Gasteiger partial charge < -0.3 is 19.7 Å². The van der Waals surface area contributed by atoms with Crippen molar-refractivity contribution in [1.82, 2.24) is 10.2 Å². The molecule has 0 aromatic heterocycles. The highest BCUT2D eigenvalue weighted by atomic mass is 32.1. The van der Waals surface area contributed by atoms with Crippen LogP contribution in [0.2, 0.25) is 0 Å². The third-order valence-electron chi connectivity index (χ3n) is 4.66. The Morgan fingerprint density at radius 1 is 1.10 bits per heavy atom. The molecule has 3 rings (SSSR count). The van der Waals surface area contributed by atoms with Gasteiger partial charge in [0.25, 0.3) is 0 Å². The lowest BCUT2D eigenvalue weighted by molar-refractivity contribution is -0.139. The van der Waals surface area contributed by atoms with Gasteiger partial charge >= 0.3 is 11.9 Å². The van der Waals surface area contributed by atoms with E-state index in [1.807, 2.05) is 19.1 Å². The van der Waals surface area contributed by atoms with Gasteiger partial charge in [0.2, 0.25) is 0 Å². The minimum absolute atomic E-state index is 0.269. The number of carbonyl (C=O) groups is 2. The lowest BCUT2D eigenvalue weighted by Gasteiger charge is -2.35. The number of nitrogens with one attached hydrogen (secondary N) is 1. The number of hydrogen-bond acceptors (Lipinski definition) is 5. The molecular formula is C22H22N2O4S. The summed E-state index contributed by atoms with van der Waals surface area (Å²) in [4.78, 5) is 26.7. The average Bonchev–Trinajstić information content (AvgIpc) is 2.72. The molecule has 2 aromatic carbocycles. The van der Waals surface area contributed by atoms with E-state index in [2.05, 4.69) is 5.32 Å². The summed E-state index contributed by atoms with van der Waals surface area (Å²) in [5.74, 6) is -0.487. The molecule has 1 unspecified atom stereocenters. The zero-order chi connectivity index (χ0) is 21.0. The van der Waals surface area contributed by atoms with Gasteiger partial charge in [0, 0.05) is 12.7 Å². The van der Waals surface area contributed by atoms with Gasteiger partial charge in [-0.3, -0.25) is 0 Å². The number of allylic oxidation sites excluding steroid dienone is 1. The molecule has 0 saturated carbocycles. The maximum Gasteiger partial charge on any atom is 0.343 e. The first-order chi connectivity index (χ1) is 13.9. The van der Waals surface area contributed by atoms with Crippen molar-refractivity contribution >= 4 is 29.3 Å². The Morgan fingerprint density at radius 3 is 2.52 bits per heavy atom. The lowest BCUT2D eigenvalue weighted by atomic mass is 9.95. The van der Waals surface area contributed by atoms with Crippen LogP contribution in [0.1, 0.15) is 35.8 Å². The molecule has 0 saturated heterocycles. The topological polar surface area (TPSA) is 67.9 Å². The molecule has 7 heteroatoms. The number of carbonyl (C=O) groups excluding carboxylic acids is 2. The Morgan fingerprint density at radius 2 is 1.83 bits per heavy atom. The summed E-state index contributed by atoms with van der Waals surface area (Å²) in [5, 5.41) is 3.67. The quantitative estimate of drug-likeness (QED) is 0.459. The highest BCUT2D eigenvalue weighted by Gasteiger charge is 2.33. The molecule has 0 radical (unpaired) electrons. The summed E-state index contributed by atoms with van der Waals surface area (Å²) in [7, 11) is 1.79. The number of rotatable bonds is 5. The van der Waals surface area contributed by atoms with Gasteiger partial charge in [0.1, 0.15) is 5.75 Å². The second-order valence-corrected chi connectivity index (χ2v) is 6.88. The fourth-order valence-electron chi connectivity index (χ4n) is 3.06. The highest BCUT2D eigenvalue weighted by molar-refractivity contribution is 7.80. The highest BCUT2D eigenvalue weighted by Crippen LogP contribution is 2.32. The van der Waals surface area contributed by atoms with Crippen molar-refractivity contribution in [2.75, 3.05) is 13.7 Å². The smallest absolute Gasteiger partial charge is 0.343 e. The molecule has 0 fully saturated rings. The van der Waals surface area contributed by atoms with Crippen LogP contribution < -0.4 is 10.1 Å². The van der Waals surface area contributed by atoms with Crippen LogP contribution in [-0.2, 0) is 9.53 Å². The van der Waals surface area contributed by atoms with Crippen LogP contribution in [-0.4, -0.2) is 35.6 Å². The van der Waals surface area contributed by atoms with E-state index in [4.69, 9.17) is 21.7 Å². The van der Waals surface area contributed by atoms with E-state index in [-0.39, 0.29) is 6.61 Å². The zero-order valence-corrected chi connectivity index (χ0v) is 17.3. The van der Waals surface area contributed by atoms with Crippen molar-refractivity contribution in [2.45, 2.75) is 19.9 Å². The molecule has 29 heavy (non-hydrogen) atoms. The fraction of sp³-hybridized carbons (Fsp3) is 0.227. The minimum atomic E-state index is -0.506. The van der Waals surface area contributed by atoms with E-state index >= 15 is 0 Å². The van der Waals surface area contributed by atoms with Crippen molar-refractivity contribution in [3.8, 4) is 5.75 Å². The van der Waals surface area contributed by atoms with E-state index in [0.29, 0.717) is 27.7 Å². The van der Waals surface area contributed by atoms with Crippen LogP contribution in [0.5, 0.6) is 5.75 Å². The van der Waals surface area contributed by atoms with Crippen molar-refractivity contribution < 1.29 is 19.1 Å². The van der Waals surface area contributed by atoms with Gasteiger partial charge in [-0.15, -0.1) is 0 Å². The molecule has 0 amide bonds. The first-order valence-corrected chi connectivity index (χ1v) is 9.62. The third-order valence-corrected chi connectivity index (χ3v) is 5.05. The standard InChI is InChI=1S/C22H22N2O4S/c1-4-27-21(26)18-14(2)24(3)22(29)23-19(18)16-11-8-12-17(13-16)28-20(25)15-9-6-5-7-10-15/h5-13,19H,4H2,1-3H3,(H,23,29). The number of esters is 2. The predicted octanol–water partition coefficient (Wildman–Crippen LogP) is 3.60. The van der Waals surface area contributed by atoms with E-state index in [1.165, 1.54) is 0 Å². The zero-order valence-electron chi connectivity index (χ0n) is 16.5. The minimum Gasteiger partial charge on any atom is -0.463 e. The monoisotopic (exact) mass is 410 g/mol. The summed E-state index contributed by atoms with van der Waals surface area (Å²) in [5.41, 5.74) is 2.37. The van der Waals surface area contributed by atoms with E-state index < -0.39 is 18.0 Å². The summed E-state index contributed by atoms with van der Waals surface area (Å²) < 4.78 is 10.8. The van der Waals surface area contributed by atoms with Crippen LogP contribution in [0.3, 0.4) is 0 Å². The van der Waals surface area contributed by atoms with Crippen LogP contribution in [0.15, 0.2) is 65.9 Å². The maximum atomic E-state index is 12.6. The van der Waals surface area contributed by atoms with Crippen LogP contribution in [0, 0.1) is 0 Å². The number of ether oxygens (including phenoxy) is 2. The SMILES string of the molecule is CCOC(=O)C1=C(C)N(C)C(=S)NC1c1cccc(OC(=O)c2ccccc2)c1. The first-order valence-electron chi connectivity index (χ1n) is 9.21. The number of benzene rings is 2. The third kappa shape index (κ3) is 4.46. The molecule has 0 aliphatic carbocycles. The van der Waals surface area contributed by atoms with Crippen molar-refractivity contribution in [3.63, 3.8) is 0 Å². The Labute approximate surface area is 175 Å². The van der Waals surface area contributed by atoms with Gasteiger partial charge in [0.15, 0.2) is 5.11 Å². The van der Waals surface area contributed by atoms with Crippen molar-refractivity contribution in [3.05, 3.63) is 77.0 Å². The molecule has 1 atom stereocenters. The summed E-state index contributed by atoms with van der Waals surface area (Å²) in [6.07, 6.45) is 0. The average molecular weight is 410 g/mol. The molecule has 150 valence electrons. The number of thiocarbonyl (C=S) groups is 1. The molecule has 1 heterocycles. The molecule has 6 nitrogen and oxygen atoms in total. The van der Waals surface area contributed by atoms with Crippen molar-refractivity contribution in [1.29, 1.82) is 0 Å². The van der Waals surface area contributed by atoms with Crippen molar-refractivity contribution in [2.24, 2.45) is 0 Å². The van der Waals surface area contributed by atoms with Gasteiger partial charge in [0.05, 0.1) is 23.8 Å². The molecular weight excluding hydrogens is 388 g/mol. The predicted molar refractivity (Wildman–Crippen MR) is 113 cm³/mol. The summed E-state index contributed by atoms with van der Waals surface area (Å²) >= 11 is 5.40. The van der Waals surface area contributed by atoms with E-state index in [1.54, 1.807) is 61.3 Å². The second-order valence-electron chi connectivity index (χ2n) is 6.49. The number of nitrogens with zero attached hydrogens (tertiary/aromatic N) is 1. The largest absolute Gasteiger partial charge is 0.463 e. The Hall–Kier alpha value is -3.19. The summed E-state index contributed by atoms with van der Waals surface area (Å²) in [6, 6.07) is 15.3. The molecule has 1 aliphatic rings. The van der Waals surface area contributed by atoms with E-state index in [0.717, 1.165) is 5.56 Å². The molecule has 1 N–H and O–H groups in total. The molecule has 0 spiro atoms. The molecule has 2 aromatic rings. The maximum absolute atomic E-state index is 12.6. The molecule has 0 bridgehead atoms. The molecule has 1 aliphatic heterocycles. The second kappa shape index (κ2) is 8.87. The first kappa shape index (κ1) is 20.5. The Kier molecular flexibility index (Phi) is 6.29. The van der Waals surface area contributed by atoms with Crippen LogP contribution >= 0.6 is 12.2 Å². The Balaban J connectivity index is 1.92. The number of hydrogen-bond donors (Lipinski definition) is 1. The van der Waals surface area contributed by atoms with E-state index in [9.17, 15) is 9.59 Å².